The third-order valence-electron chi connectivity index (χ3n) is 3.16. The van der Waals surface area contributed by atoms with E-state index >= 15 is 0 Å². The van der Waals surface area contributed by atoms with Crippen LogP contribution in [0.2, 0.25) is 0 Å². The van der Waals surface area contributed by atoms with Gasteiger partial charge in [-0.15, -0.1) is 22.7 Å². The lowest BCUT2D eigenvalue weighted by molar-refractivity contribution is 0.524. The minimum absolute atomic E-state index is 0.347. The van der Waals surface area contributed by atoms with Crippen molar-refractivity contribution in [2.45, 2.75) is 19.9 Å². The van der Waals surface area contributed by atoms with Crippen LogP contribution in [0.15, 0.2) is 33.1 Å². The van der Waals surface area contributed by atoms with Gasteiger partial charge in [-0.2, -0.15) is 0 Å². The Morgan fingerprint density at radius 1 is 1.42 bits per heavy atom. The molecule has 0 saturated carbocycles. The SMILES string of the molecule is Cc1ncc(CCN=C(N)Nc2nc(-c3ccc(CN)o3)cs2)s1. The van der Waals surface area contributed by atoms with Crippen molar-refractivity contribution >= 4 is 33.8 Å². The maximum Gasteiger partial charge on any atom is 0.194 e. The van der Waals surface area contributed by atoms with Gasteiger partial charge in [0.2, 0.25) is 0 Å². The summed E-state index contributed by atoms with van der Waals surface area (Å²) < 4.78 is 5.58. The number of aromatic nitrogens is 2. The summed E-state index contributed by atoms with van der Waals surface area (Å²) in [6, 6.07) is 3.70. The first-order chi connectivity index (χ1) is 11.6. The van der Waals surface area contributed by atoms with E-state index in [4.69, 9.17) is 15.9 Å². The predicted octanol–water partition coefficient (Wildman–Crippen LogP) is 2.60. The standard InChI is InChI=1S/C15H18N6OS2/c1-9-19-7-11(24-9)4-5-18-14(17)21-15-20-12(8-23-15)13-3-2-10(6-16)22-13/h2-3,7-8H,4-6,16H2,1H3,(H3,17,18,20,21). The number of rotatable bonds is 6. The third kappa shape index (κ3) is 4.19. The number of hydrogen-bond donors (Lipinski definition) is 3. The molecule has 5 N–H and O–H groups in total. The molecule has 3 aromatic rings. The molecule has 0 spiro atoms. The molecule has 9 heteroatoms. The molecule has 24 heavy (non-hydrogen) atoms. The topological polar surface area (TPSA) is 115 Å². The summed E-state index contributed by atoms with van der Waals surface area (Å²) in [5.74, 6) is 1.77. The largest absolute Gasteiger partial charge is 0.458 e. The summed E-state index contributed by atoms with van der Waals surface area (Å²) in [4.78, 5) is 14.2. The fourth-order valence-corrected chi connectivity index (χ4v) is 3.52. The zero-order valence-corrected chi connectivity index (χ0v) is 14.8. The highest BCUT2D eigenvalue weighted by Crippen LogP contribution is 2.26. The highest BCUT2D eigenvalue weighted by Gasteiger charge is 2.09. The van der Waals surface area contributed by atoms with Gasteiger partial charge >= 0.3 is 0 Å². The van der Waals surface area contributed by atoms with E-state index in [1.807, 2.05) is 30.6 Å². The second-order valence-electron chi connectivity index (χ2n) is 5.00. The Labute approximate surface area is 147 Å². The second-order valence-corrected chi connectivity index (χ2v) is 7.17. The van der Waals surface area contributed by atoms with Crippen molar-refractivity contribution in [2.24, 2.45) is 16.5 Å². The average Bonchev–Trinajstić information content (AvgIpc) is 3.27. The van der Waals surface area contributed by atoms with Gasteiger partial charge in [-0.3, -0.25) is 4.99 Å². The molecular weight excluding hydrogens is 344 g/mol. The molecule has 0 amide bonds. The average molecular weight is 362 g/mol. The third-order valence-corrected chi connectivity index (χ3v) is 4.89. The molecule has 0 aromatic carbocycles. The van der Waals surface area contributed by atoms with Gasteiger partial charge < -0.3 is 21.2 Å². The molecule has 0 atom stereocenters. The van der Waals surface area contributed by atoms with Crippen LogP contribution in [0.25, 0.3) is 11.5 Å². The molecule has 0 bridgehead atoms. The maximum atomic E-state index is 5.90. The van der Waals surface area contributed by atoms with Crippen LogP contribution in [0.4, 0.5) is 5.13 Å². The molecule has 3 heterocycles. The van der Waals surface area contributed by atoms with E-state index in [2.05, 4.69) is 20.3 Å². The van der Waals surface area contributed by atoms with E-state index in [0.29, 0.717) is 29.9 Å². The van der Waals surface area contributed by atoms with E-state index in [1.165, 1.54) is 16.2 Å². The molecule has 0 radical (unpaired) electrons. The number of hydrogen-bond acceptors (Lipinski definition) is 7. The summed E-state index contributed by atoms with van der Waals surface area (Å²) in [5, 5.41) is 6.63. The van der Waals surface area contributed by atoms with Crippen LogP contribution in [-0.4, -0.2) is 22.5 Å². The van der Waals surface area contributed by atoms with Crippen molar-refractivity contribution in [3.05, 3.63) is 39.4 Å². The van der Waals surface area contributed by atoms with E-state index in [-0.39, 0.29) is 0 Å². The molecule has 126 valence electrons. The number of thiazole rings is 2. The second kappa shape index (κ2) is 7.56. The molecule has 3 aromatic heterocycles. The number of aliphatic imine (C=N–C) groups is 1. The quantitative estimate of drug-likeness (QED) is 0.458. The van der Waals surface area contributed by atoms with Crippen molar-refractivity contribution in [2.75, 3.05) is 11.9 Å². The Hall–Kier alpha value is -2.23. The first-order valence-corrected chi connectivity index (χ1v) is 9.06. The van der Waals surface area contributed by atoms with E-state index < -0.39 is 0 Å². The molecule has 3 rings (SSSR count). The number of guanidine groups is 1. The van der Waals surface area contributed by atoms with Crippen molar-refractivity contribution in [1.82, 2.24) is 9.97 Å². The first kappa shape index (κ1) is 16.6. The van der Waals surface area contributed by atoms with E-state index in [0.717, 1.165) is 22.9 Å². The Morgan fingerprint density at radius 3 is 3.00 bits per heavy atom. The summed E-state index contributed by atoms with van der Waals surface area (Å²) in [6.45, 7) is 2.97. The summed E-state index contributed by atoms with van der Waals surface area (Å²) in [7, 11) is 0. The summed E-state index contributed by atoms with van der Waals surface area (Å²) in [5.41, 5.74) is 12.2. The lowest BCUT2D eigenvalue weighted by Gasteiger charge is -2.00. The van der Waals surface area contributed by atoms with Crippen LogP contribution in [-0.2, 0) is 13.0 Å². The number of nitrogens with one attached hydrogen (secondary N) is 1. The van der Waals surface area contributed by atoms with Crippen molar-refractivity contribution < 1.29 is 4.42 Å². The van der Waals surface area contributed by atoms with Crippen LogP contribution in [0.1, 0.15) is 15.6 Å². The Kier molecular flexibility index (Phi) is 5.24. The minimum Gasteiger partial charge on any atom is -0.458 e. The summed E-state index contributed by atoms with van der Waals surface area (Å²) in [6.07, 6.45) is 2.70. The fraction of sp³-hybridized carbons (Fsp3) is 0.267. The molecular formula is C15H18N6OS2. The zero-order valence-electron chi connectivity index (χ0n) is 13.2. The zero-order chi connectivity index (χ0) is 16.9. The van der Waals surface area contributed by atoms with Crippen LogP contribution in [0.5, 0.6) is 0 Å². The van der Waals surface area contributed by atoms with Gasteiger partial charge in [0, 0.05) is 29.4 Å². The van der Waals surface area contributed by atoms with Crippen molar-refractivity contribution in [3.8, 4) is 11.5 Å². The lowest BCUT2D eigenvalue weighted by Crippen LogP contribution is -2.22. The number of aryl methyl sites for hydroxylation is 1. The predicted molar refractivity (Wildman–Crippen MR) is 98.4 cm³/mol. The normalized spacial score (nSPS) is 11.8. The van der Waals surface area contributed by atoms with Crippen LogP contribution in [0, 0.1) is 6.92 Å². The van der Waals surface area contributed by atoms with Gasteiger partial charge in [0.05, 0.1) is 11.6 Å². The fourth-order valence-electron chi connectivity index (χ4n) is 2.03. The molecule has 0 aliphatic rings. The smallest absolute Gasteiger partial charge is 0.194 e. The van der Waals surface area contributed by atoms with Gasteiger partial charge in [-0.05, 0) is 19.1 Å². The first-order valence-electron chi connectivity index (χ1n) is 7.37. The number of nitrogens with two attached hydrogens (primary N) is 2. The van der Waals surface area contributed by atoms with E-state index in [1.54, 1.807) is 11.3 Å². The van der Waals surface area contributed by atoms with Gasteiger partial charge in [-0.1, -0.05) is 0 Å². The van der Waals surface area contributed by atoms with Crippen molar-refractivity contribution in [3.63, 3.8) is 0 Å². The lowest BCUT2D eigenvalue weighted by atomic mass is 10.3. The maximum absolute atomic E-state index is 5.90. The van der Waals surface area contributed by atoms with Crippen LogP contribution < -0.4 is 16.8 Å². The molecule has 0 aliphatic carbocycles. The number of furan rings is 1. The number of nitrogens with zero attached hydrogens (tertiary/aromatic N) is 3. The Morgan fingerprint density at radius 2 is 2.29 bits per heavy atom. The molecule has 0 saturated heterocycles. The van der Waals surface area contributed by atoms with Crippen LogP contribution >= 0.6 is 22.7 Å². The monoisotopic (exact) mass is 362 g/mol. The molecule has 7 nitrogen and oxygen atoms in total. The Balaban J connectivity index is 1.56. The van der Waals surface area contributed by atoms with Crippen LogP contribution in [0.3, 0.4) is 0 Å². The Bertz CT molecular complexity index is 835. The molecule has 0 unspecified atom stereocenters. The van der Waals surface area contributed by atoms with E-state index in [9.17, 15) is 0 Å². The van der Waals surface area contributed by atoms with Gasteiger partial charge in [0.1, 0.15) is 11.5 Å². The van der Waals surface area contributed by atoms with Gasteiger partial charge in [-0.25, -0.2) is 9.97 Å². The highest BCUT2D eigenvalue weighted by atomic mass is 32.1. The highest BCUT2D eigenvalue weighted by molar-refractivity contribution is 7.14. The minimum atomic E-state index is 0.347. The van der Waals surface area contributed by atoms with Gasteiger partial charge in [0.15, 0.2) is 16.9 Å². The summed E-state index contributed by atoms with van der Waals surface area (Å²) >= 11 is 3.12. The van der Waals surface area contributed by atoms with Crippen molar-refractivity contribution in [1.29, 1.82) is 0 Å². The number of anilines is 1. The van der Waals surface area contributed by atoms with Gasteiger partial charge in [0.25, 0.3) is 0 Å². The molecule has 0 aliphatic heterocycles. The molecule has 0 fully saturated rings.